The van der Waals surface area contributed by atoms with Crippen LogP contribution in [0.3, 0.4) is 0 Å². The topological polar surface area (TPSA) is 145 Å². The van der Waals surface area contributed by atoms with Crippen LogP contribution in [0.2, 0.25) is 0 Å². The third-order valence-corrected chi connectivity index (χ3v) is 4.58. The van der Waals surface area contributed by atoms with Gasteiger partial charge in [0.2, 0.25) is 5.91 Å². The van der Waals surface area contributed by atoms with Crippen LogP contribution in [0.4, 0.5) is 10.5 Å². The summed E-state index contributed by atoms with van der Waals surface area (Å²) in [6.45, 7) is 1.63. The van der Waals surface area contributed by atoms with E-state index < -0.39 is 28.4 Å². The largest absolute Gasteiger partial charge is 0.418 e. The maximum atomic E-state index is 12.7. The van der Waals surface area contributed by atoms with Gasteiger partial charge < -0.3 is 10.2 Å². The average molecular weight is 409 g/mol. The molecule has 12 heteroatoms. The first-order valence-corrected chi connectivity index (χ1v) is 9.81. The van der Waals surface area contributed by atoms with Crippen LogP contribution in [0.1, 0.15) is 13.3 Å². The fourth-order valence-electron chi connectivity index (χ4n) is 2.99. The Bertz CT molecular complexity index is 962. The maximum absolute atomic E-state index is 12.7. The van der Waals surface area contributed by atoms with Crippen LogP contribution in [0.5, 0.6) is 0 Å². The molecular weight excluding hydrogens is 390 g/mol. The van der Waals surface area contributed by atoms with E-state index in [-0.39, 0.29) is 19.5 Å². The molecule has 1 saturated heterocycles. The molecule has 1 aliphatic rings. The minimum atomic E-state index is -4.83. The number of aromatic amines is 1. The number of H-pyrrole nitrogens is 1. The maximum Gasteiger partial charge on any atom is 0.418 e. The van der Waals surface area contributed by atoms with Crippen molar-refractivity contribution in [3.05, 3.63) is 36.5 Å². The fourth-order valence-corrected chi connectivity index (χ4v) is 3.35. The predicted octanol–water partition coefficient (Wildman–Crippen LogP) is 1.27. The molecule has 0 bridgehead atoms. The van der Waals surface area contributed by atoms with Gasteiger partial charge in [0.1, 0.15) is 6.04 Å². The minimum absolute atomic E-state index is 0.126. The predicted molar refractivity (Wildman–Crippen MR) is 98.2 cm³/mol. The smallest absolute Gasteiger partial charge is 0.324 e. The first-order chi connectivity index (χ1) is 13.3. The Balaban J connectivity index is 1.72. The van der Waals surface area contributed by atoms with Crippen molar-refractivity contribution < 1.29 is 26.8 Å². The van der Waals surface area contributed by atoms with E-state index in [4.69, 9.17) is 4.55 Å². The average Bonchev–Trinajstić information content (AvgIpc) is 3.17. The molecule has 1 aliphatic heterocycles. The molecular formula is C16H19N5O6S. The second-order valence-electron chi connectivity index (χ2n) is 6.02. The van der Waals surface area contributed by atoms with E-state index in [9.17, 15) is 18.0 Å². The van der Waals surface area contributed by atoms with Crippen LogP contribution in [0.25, 0.3) is 11.3 Å². The SMILES string of the molecule is CCN1C(=O)N(OS(=O)(=O)O)CC[C@H]1C(=O)Nc1cccc(-c2ccn[nH]2)c1. The van der Waals surface area contributed by atoms with Gasteiger partial charge in [0.25, 0.3) is 0 Å². The number of benzene rings is 1. The standard InChI is InChI=1S/C16H19N5O6S/c1-2-20-14(7-9-21(16(20)23)27-28(24,25)26)15(22)18-12-5-3-4-11(10-12)13-6-8-17-19-13/h3-6,8,10,14H,2,7,9H2,1H3,(H,17,19)(H,18,22)(H,24,25,26)/t14-/m0/s1. The summed E-state index contributed by atoms with van der Waals surface area (Å²) in [6.07, 6.45) is 1.74. The van der Waals surface area contributed by atoms with Crippen molar-refractivity contribution in [2.24, 2.45) is 0 Å². The van der Waals surface area contributed by atoms with Crippen LogP contribution in [-0.2, 0) is 19.5 Å². The quantitative estimate of drug-likeness (QED) is 0.609. The lowest BCUT2D eigenvalue weighted by atomic mass is 10.1. The van der Waals surface area contributed by atoms with Crippen LogP contribution in [0, 0.1) is 0 Å². The third kappa shape index (κ3) is 4.47. The number of amides is 3. The lowest BCUT2D eigenvalue weighted by Crippen LogP contribution is -2.58. The van der Waals surface area contributed by atoms with Crippen LogP contribution in [0.15, 0.2) is 36.5 Å². The molecule has 0 saturated carbocycles. The Kier molecular flexibility index (Phi) is 5.63. The molecule has 3 N–H and O–H groups in total. The number of urea groups is 1. The number of hydrogen-bond donors (Lipinski definition) is 3. The van der Waals surface area contributed by atoms with Gasteiger partial charge in [-0.3, -0.25) is 14.4 Å². The van der Waals surface area contributed by atoms with E-state index in [2.05, 4.69) is 19.8 Å². The van der Waals surface area contributed by atoms with Gasteiger partial charge in [-0.15, -0.1) is 4.28 Å². The highest BCUT2D eigenvalue weighted by molar-refractivity contribution is 7.80. The van der Waals surface area contributed by atoms with Crippen molar-refractivity contribution >= 4 is 28.0 Å². The molecule has 3 rings (SSSR count). The summed E-state index contributed by atoms with van der Waals surface area (Å²) in [5.41, 5.74) is 2.16. The number of nitrogens with zero attached hydrogens (tertiary/aromatic N) is 3. The first-order valence-electron chi connectivity index (χ1n) is 8.44. The molecule has 0 radical (unpaired) electrons. The number of nitrogens with one attached hydrogen (secondary N) is 2. The minimum Gasteiger partial charge on any atom is -0.324 e. The summed E-state index contributed by atoms with van der Waals surface area (Å²) in [4.78, 5) is 26.3. The highest BCUT2D eigenvalue weighted by Crippen LogP contribution is 2.22. The lowest BCUT2D eigenvalue weighted by molar-refractivity contribution is -0.124. The number of rotatable bonds is 6. The fraction of sp³-hybridized carbons (Fsp3) is 0.312. The normalized spacial score (nSPS) is 17.6. The Labute approximate surface area is 161 Å². The monoisotopic (exact) mass is 409 g/mol. The molecule has 0 aliphatic carbocycles. The molecule has 28 heavy (non-hydrogen) atoms. The second kappa shape index (κ2) is 7.96. The van der Waals surface area contributed by atoms with E-state index in [1.165, 1.54) is 4.90 Å². The van der Waals surface area contributed by atoms with Gasteiger partial charge in [0.05, 0.1) is 12.2 Å². The van der Waals surface area contributed by atoms with Crippen molar-refractivity contribution in [1.82, 2.24) is 20.2 Å². The Morgan fingerprint density at radius 1 is 1.43 bits per heavy atom. The van der Waals surface area contributed by atoms with Gasteiger partial charge in [-0.1, -0.05) is 12.1 Å². The molecule has 3 amide bonds. The highest BCUT2D eigenvalue weighted by atomic mass is 32.3. The van der Waals surface area contributed by atoms with Crippen LogP contribution < -0.4 is 5.32 Å². The van der Waals surface area contributed by atoms with Crippen LogP contribution >= 0.6 is 0 Å². The van der Waals surface area contributed by atoms with Crippen molar-refractivity contribution in [3.63, 3.8) is 0 Å². The zero-order valence-corrected chi connectivity index (χ0v) is 15.7. The van der Waals surface area contributed by atoms with Gasteiger partial charge in [0, 0.05) is 24.0 Å². The van der Waals surface area contributed by atoms with Gasteiger partial charge in [-0.25, -0.2) is 4.79 Å². The van der Waals surface area contributed by atoms with Crippen molar-refractivity contribution in [2.45, 2.75) is 19.4 Å². The zero-order valence-electron chi connectivity index (χ0n) is 14.9. The number of carbonyl (C=O) groups is 2. The molecule has 1 fully saturated rings. The molecule has 11 nitrogen and oxygen atoms in total. The summed E-state index contributed by atoms with van der Waals surface area (Å²) in [7, 11) is -4.83. The second-order valence-corrected chi connectivity index (χ2v) is 7.02. The van der Waals surface area contributed by atoms with Gasteiger partial charge >= 0.3 is 16.4 Å². The van der Waals surface area contributed by atoms with Gasteiger partial charge in [-0.2, -0.15) is 18.6 Å². The molecule has 1 aromatic heterocycles. The number of likely N-dealkylation sites (N-methyl/N-ethyl adjacent to an activating group) is 1. The van der Waals surface area contributed by atoms with Crippen LogP contribution in [-0.4, -0.2) is 64.2 Å². The van der Waals surface area contributed by atoms with Gasteiger partial charge in [-0.05, 0) is 31.5 Å². The van der Waals surface area contributed by atoms with Gasteiger partial charge in [0.15, 0.2) is 0 Å². The Morgan fingerprint density at radius 2 is 2.21 bits per heavy atom. The van der Waals surface area contributed by atoms with E-state index in [0.29, 0.717) is 10.8 Å². The molecule has 0 unspecified atom stereocenters. The molecule has 2 heterocycles. The van der Waals surface area contributed by atoms with Crippen molar-refractivity contribution in [1.29, 1.82) is 0 Å². The lowest BCUT2D eigenvalue weighted by Gasteiger charge is -2.38. The van der Waals surface area contributed by atoms with Crippen molar-refractivity contribution in [3.8, 4) is 11.3 Å². The summed E-state index contributed by atoms with van der Waals surface area (Å²) < 4.78 is 34.7. The number of hydrogen-bond acceptors (Lipinski definition) is 6. The van der Waals surface area contributed by atoms with E-state index in [0.717, 1.165) is 11.3 Å². The number of carbonyl (C=O) groups excluding carboxylic acids is 2. The third-order valence-electron chi connectivity index (χ3n) is 4.21. The Morgan fingerprint density at radius 3 is 2.86 bits per heavy atom. The molecule has 2 aromatic rings. The highest BCUT2D eigenvalue weighted by Gasteiger charge is 2.38. The number of hydroxylamine groups is 2. The molecule has 1 atom stereocenters. The molecule has 150 valence electrons. The molecule has 1 aromatic carbocycles. The molecule has 0 spiro atoms. The van der Waals surface area contributed by atoms with E-state index in [1.54, 1.807) is 37.4 Å². The van der Waals surface area contributed by atoms with E-state index >= 15 is 0 Å². The summed E-state index contributed by atoms with van der Waals surface area (Å²) in [5, 5.41) is 10.0. The summed E-state index contributed by atoms with van der Waals surface area (Å²) >= 11 is 0. The first kappa shape index (κ1) is 19.8. The summed E-state index contributed by atoms with van der Waals surface area (Å²) in [5.74, 6) is -0.413. The Hall–Kier alpha value is -2.96. The zero-order chi connectivity index (χ0) is 20.3. The van der Waals surface area contributed by atoms with Crippen molar-refractivity contribution in [2.75, 3.05) is 18.4 Å². The number of aromatic nitrogens is 2. The van der Waals surface area contributed by atoms with E-state index in [1.807, 2.05) is 6.07 Å². The number of anilines is 1. The summed E-state index contributed by atoms with van der Waals surface area (Å²) in [6, 6.07) is 7.27.